The second-order valence-corrected chi connectivity index (χ2v) is 4.58. The van der Waals surface area contributed by atoms with Crippen LogP contribution in [0.25, 0.3) is 5.65 Å². The SMILES string of the molecule is O=C(O)c1cn2ccc(C3CC3)c(C(F)(F)F)c2n1. The molecule has 2 heterocycles. The molecule has 0 bridgehead atoms. The van der Waals surface area contributed by atoms with Crippen LogP contribution in [0.15, 0.2) is 18.5 Å². The van der Waals surface area contributed by atoms with E-state index in [9.17, 15) is 18.0 Å². The summed E-state index contributed by atoms with van der Waals surface area (Å²) in [7, 11) is 0. The van der Waals surface area contributed by atoms with Gasteiger partial charge in [0.05, 0.1) is 0 Å². The summed E-state index contributed by atoms with van der Waals surface area (Å²) >= 11 is 0. The van der Waals surface area contributed by atoms with Crippen molar-refractivity contribution in [2.24, 2.45) is 0 Å². The zero-order valence-electron chi connectivity index (χ0n) is 9.61. The number of imidazole rings is 1. The first-order valence-corrected chi connectivity index (χ1v) is 5.70. The van der Waals surface area contributed by atoms with Gasteiger partial charge in [-0.05, 0) is 30.4 Å². The highest BCUT2D eigenvalue weighted by molar-refractivity contribution is 5.86. The molecule has 2 aromatic rings. The molecule has 0 spiro atoms. The zero-order chi connectivity index (χ0) is 13.8. The van der Waals surface area contributed by atoms with Gasteiger partial charge in [-0.3, -0.25) is 0 Å². The average Bonchev–Trinajstić information content (AvgIpc) is 3.04. The van der Waals surface area contributed by atoms with E-state index in [1.165, 1.54) is 12.3 Å². The lowest BCUT2D eigenvalue weighted by Crippen LogP contribution is -2.11. The van der Waals surface area contributed by atoms with Gasteiger partial charge in [-0.15, -0.1) is 0 Å². The molecule has 0 saturated heterocycles. The number of halogens is 3. The normalized spacial score (nSPS) is 15.9. The summed E-state index contributed by atoms with van der Waals surface area (Å²) in [5, 5.41) is 8.81. The Morgan fingerprint density at radius 2 is 2.11 bits per heavy atom. The van der Waals surface area contributed by atoms with Crippen molar-refractivity contribution in [2.45, 2.75) is 24.9 Å². The predicted octanol–water partition coefficient (Wildman–Crippen LogP) is 2.93. The molecule has 0 atom stereocenters. The van der Waals surface area contributed by atoms with Crippen LogP contribution in [0.1, 0.15) is 40.4 Å². The molecule has 1 aliphatic rings. The first kappa shape index (κ1) is 12.0. The third-order valence-corrected chi connectivity index (χ3v) is 3.18. The number of nitrogens with zero attached hydrogens (tertiary/aromatic N) is 2. The van der Waals surface area contributed by atoms with Crippen LogP contribution in [0.2, 0.25) is 0 Å². The van der Waals surface area contributed by atoms with E-state index in [0.717, 1.165) is 23.4 Å². The van der Waals surface area contributed by atoms with Gasteiger partial charge < -0.3 is 9.51 Å². The van der Waals surface area contributed by atoms with E-state index in [-0.39, 0.29) is 17.1 Å². The van der Waals surface area contributed by atoms with Crippen LogP contribution in [0.5, 0.6) is 0 Å². The van der Waals surface area contributed by atoms with Gasteiger partial charge >= 0.3 is 12.1 Å². The number of hydrogen-bond donors (Lipinski definition) is 1. The monoisotopic (exact) mass is 270 g/mol. The van der Waals surface area contributed by atoms with Crippen molar-refractivity contribution < 1.29 is 23.1 Å². The summed E-state index contributed by atoms with van der Waals surface area (Å²) in [5.41, 5.74) is -1.33. The van der Waals surface area contributed by atoms with E-state index in [4.69, 9.17) is 5.11 Å². The fourth-order valence-electron chi connectivity index (χ4n) is 2.19. The molecule has 0 radical (unpaired) electrons. The molecule has 7 heteroatoms. The Hall–Kier alpha value is -2.05. The van der Waals surface area contributed by atoms with Gasteiger partial charge in [0.25, 0.3) is 0 Å². The second kappa shape index (κ2) is 3.72. The first-order valence-electron chi connectivity index (χ1n) is 5.70. The van der Waals surface area contributed by atoms with Gasteiger partial charge in [0.15, 0.2) is 5.69 Å². The predicted molar refractivity (Wildman–Crippen MR) is 59.1 cm³/mol. The van der Waals surface area contributed by atoms with Crippen LogP contribution in [-0.2, 0) is 6.18 Å². The standard InChI is InChI=1S/C12H9F3N2O2/c13-12(14,15)9-7(6-1-2-6)3-4-17-5-8(11(18)19)16-10(9)17/h3-6H,1-2H2,(H,18,19). The Bertz CT molecular complexity index is 671. The Labute approximate surface area is 105 Å². The number of aromatic carboxylic acids is 1. The maximum absolute atomic E-state index is 13.2. The van der Waals surface area contributed by atoms with Crippen molar-refractivity contribution in [3.8, 4) is 0 Å². The Kier molecular flexibility index (Phi) is 2.35. The number of fused-ring (bicyclic) bond motifs is 1. The maximum Gasteiger partial charge on any atom is 0.420 e. The number of pyridine rings is 1. The van der Waals surface area contributed by atoms with Crippen molar-refractivity contribution >= 4 is 11.6 Å². The molecular formula is C12H9F3N2O2. The van der Waals surface area contributed by atoms with Crippen molar-refractivity contribution in [2.75, 3.05) is 0 Å². The highest BCUT2D eigenvalue weighted by Crippen LogP contribution is 2.46. The van der Waals surface area contributed by atoms with Crippen molar-refractivity contribution in [3.05, 3.63) is 35.3 Å². The summed E-state index contributed by atoms with van der Waals surface area (Å²) in [6.45, 7) is 0. The van der Waals surface area contributed by atoms with Gasteiger partial charge in [0.1, 0.15) is 11.2 Å². The highest BCUT2D eigenvalue weighted by atomic mass is 19.4. The van der Waals surface area contributed by atoms with Gasteiger partial charge in [-0.25, -0.2) is 9.78 Å². The van der Waals surface area contributed by atoms with E-state index in [1.807, 2.05) is 0 Å². The molecule has 1 fully saturated rings. The number of carbonyl (C=O) groups is 1. The van der Waals surface area contributed by atoms with Crippen LogP contribution in [0.4, 0.5) is 13.2 Å². The van der Waals surface area contributed by atoms with Crippen LogP contribution >= 0.6 is 0 Å². The highest BCUT2D eigenvalue weighted by Gasteiger charge is 2.41. The molecule has 1 saturated carbocycles. The topological polar surface area (TPSA) is 54.6 Å². The minimum atomic E-state index is -4.54. The summed E-state index contributed by atoms with van der Waals surface area (Å²) in [6.07, 6.45) is -0.569. The molecular weight excluding hydrogens is 261 g/mol. The number of hydrogen-bond acceptors (Lipinski definition) is 2. The molecule has 1 N–H and O–H groups in total. The number of carboxylic acid groups (broad SMARTS) is 1. The fraction of sp³-hybridized carbons (Fsp3) is 0.333. The Balaban J connectivity index is 2.31. The van der Waals surface area contributed by atoms with Crippen LogP contribution in [-0.4, -0.2) is 20.5 Å². The number of carboxylic acids is 1. The minimum Gasteiger partial charge on any atom is -0.476 e. The Morgan fingerprint density at radius 3 is 2.63 bits per heavy atom. The maximum atomic E-state index is 13.2. The molecule has 3 rings (SSSR count). The summed E-state index contributed by atoms with van der Waals surface area (Å²) < 4.78 is 40.6. The first-order chi connectivity index (χ1) is 8.88. The largest absolute Gasteiger partial charge is 0.476 e. The molecule has 100 valence electrons. The fourth-order valence-corrected chi connectivity index (χ4v) is 2.19. The third-order valence-electron chi connectivity index (χ3n) is 3.18. The number of alkyl halides is 3. The third kappa shape index (κ3) is 1.94. The number of rotatable bonds is 2. The summed E-state index contributed by atoms with van der Waals surface area (Å²) in [4.78, 5) is 14.4. The average molecular weight is 270 g/mol. The lowest BCUT2D eigenvalue weighted by atomic mass is 10.1. The van der Waals surface area contributed by atoms with Crippen molar-refractivity contribution in [1.29, 1.82) is 0 Å². The molecule has 0 unspecified atom stereocenters. The van der Waals surface area contributed by atoms with E-state index in [1.54, 1.807) is 0 Å². The van der Waals surface area contributed by atoms with Crippen molar-refractivity contribution in [1.82, 2.24) is 9.38 Å². The molecule has 1 aliphatic carbocycles. The van der Waals surface area contributed by atoms with Crippen LogP contribution in [0.3, 0.4) is 0 Å². The molecule has 0 aromatic carbocycles. The van der Waals surface area contributed by atoms with Gasteiger partial charge in [-0.1, -0.05) is 0 Å². The molecule has 0 amide bonds. The van der Waals surface area contributed by atoms with E-state index >= 15 is 0 Å². The lowest BCUT2D eigenvalue weighted by molar-refractivity contribution is -0.137. The lowest BCUT2D eigenvalue weighted by Gasteiger charge is -2.13. The van der Waals surface area contributed by atoms with Gasteiger partial charge in [-0.2, -0.15) is 13.2 Å². The van der Waals surface area contributed by atoms with E-state index in [0.29, 0.717) is 0 Å². The number of aromatic nitrogens is 2. The molecule has 2 aromatic heterocycles. The van der Waals surface area contributed by atoms with Crippen LogP contribution < -0.4 is 0 Å². The molecule has 0 aliphatic heterocycles. The zero-order valence-corrected chi connectivity index (χ0v) is 9.61. The van der Waals surface area contributed by atoms with Crippen LogP contribution in [0, 0.1) is 0 Å². The van der Waals surface area contributed by atoms with Gasteiger partial charge in [0, 0.05) is 12.4 Å². The smallest absolute Gasteiger partial charge is 0.420 e. The van der Waals surface area contributed by atoms with E-state index < -0.39 is 23.4 Å². The van der Waals surface area contributed by atoms with Crippen molar-refractivity contribution in [3.63, 3.8) is 0 Å². The summed E-state index contributed by atoms with van der Waals surface area (Å²) in [5.74, 6) is -1.43. The Morgan fingerprint density at radius 1 is 1.42 bits per heavy atom. The minimum absolute atomic E-state index is 0.0911. The van der Waals surface area contributed by atoms with E-state index in [2.05, 4.69) is 4.98 Å². The summed E-state index contributed by atoms with van der Waals surface area (Å²) in [6, 6.07) is 1.40. The molecule has 4 nitrogen and oxygen atoms in total. The quantitative estimate of drug-likeness (QED) is 0.912. The molecule has 19 heavy (non-hydrogen) atoms. The van der Waals surface area contributed by atoms with Gasteiger partial charge in [0.2, 0.25) is 0 Å². The second-order valence-electron chi connectivity index (χ2n) is 4.58.